The number of carbonyl (C=O) groups is 1. The van der Waals surface area contributed by atoms with E-state index in [1.807, 2.05) is 4.90 Å². The van der Waals surface area contributed by atoms with Crippen LogP contribution in [0, 0.1) is 0 Å². The minimum Gasteiger partial charge on any atom is -0.340 e. The Labute approximate surface area is 120 Å². The van der Waals surface area contributed by atoms with Crippen molar-refractivity contribution in [3.63, 3.8) is 0 Å². The Bertz CT molecular complexity index is 426. The minimum atomic E-state index is -3.07. The molecule has 0 atom stereocenters. The maximum atomic E-state index is 12.0. The topological polar surface area (TPSA) is 73.0 Å². The summed E-state index contributed by atoms with van der Waals surface area (Å²) in [5.41, 5.74) is 0. The van der Waals surface area contributed by atoms with Gasteiger partial charge in [-0.15, -0.1) is 0 Å². The number of hydrogen-bond acceptors (Lipinski definition) is 5. The lowest BCUT2D eigenvalue weighted by Crippen LogP contribution is -2.50. The van der Waals surface area contributed by atoms with Gasteiger partial charge < -0.3 is 15.1 Å². The second kappa shape index (κ2) is 6.84. The van der Waals surface area contributed by atoms with Crippen molar-refractivity contribution >= 4 is 15.9 Å². The number of piperazine rings is 2. The van der Waals surface area contributed by atoms with Crippen LogP contribution in [-0.2, 0) is 14.8 Å². The molecule has 0 radical (unpaired) electrons. The first-order chi connectivity index (χ1) is 9.47. The first-order valence-corrected chi connectivity index (χ1v) is 8.97. The van der Waals surface area contributed by atoms with Gasteiger partial charge in [0.2, 0.25) is 15.9 Å². The molecule has 0 bridgehead atoms. The van der Waals surface area contributed by atoms with Crippen molar-refractivity contribution in [3.05, 3.63) is 0 Å². The molecular weight excluding hydrogens is 280 g/mol. The van der Waals surface area contributed by atoms with Gasteiger partial charge in [-0.1, -0.05) is 0 Å². The van der Waals surface area contributed by atoms with Crippen LogP contribution in [0.15, 0.2) is 0 Å². The van der Waals surface area contributed by atoms with E-state index in [-0.39, 0.29) is 5.91 Å². The van der Waals surface area contributed by atoms with Gasteiger partial charge in [0.05, 0.1) is 6.26 Å². The summed E-state index contributed by atoms with van der Waals surface area (Å²) in [7, 11) is -3.07. The lowest BCUT2D eigenvalue weighted by Gasteiger charge is -2.34. The average Bonchev–Trinajstić information content (AvgIpc) is 2.45. The summed E-state index contributed by atoms with van der Waals surface area (Å²) in [6, 6.07) is 0. The summed E-state index contributed by atoms with van der Waals surface area (Å²) in [4.78, 5) is 16.1. The smallest absolute Gasteiger partial charge is 0.223 e. The Balaban J connectivity index is 1.69. The Morgan fingerprint density at radius 3 is 2.20 bits per heavy atom. The fourth-order valence-corrected chi connectivity index (χ4v) is 3.44. The molecule has 7 nitrogen and oxygen atoms in total. The second-order valence-corrected chi connectivity index (χ2v) is 7.37. The largest absolute Gasteiger partial charge is 0.340 e. The summed E-state index contributed by atoms with van der Waals surface area (Å²) in [5.74, 6) is 0.206. The zero-order valence-corrected chi connectivity index (χ0v) is 12.9. The van der Waals surface area contributed by atoms with Crippen molar-refractivity contribution in [2.24, 2.45) is 0 Å². The molecule has 0 unspecified atom stereocenters. The SMILES string of the molecule is CS(=O)(=O)N1CCN(CCC(=O)N2CCNCC2)CC1. The molecule has 2 fully saturated rings. The highest BCUT2D eigenvalue weighted by Gasteiger charge is 2.24. The van der Waals surface area contributed by atoms with Crippen LogP contribution in [0.5, 0.6) is 0 Å². The third kappa shape index (κ3) is 4.41. The Morgan fingerprint density at radius 2 is 1.65 bits per heavy atom. The average molecular weight is 304 g/mol. The van der Waals surface area contributed by atoms with Crippen molar-refractivity contribution in [2.45, 2.75) is 6.42 Å². The summed E-state index contributed by atoms with van der Waals surface area (Å²) >= 11 is 0. The van der Waals surface area contributed by atoms with E-state index in [0.717, 1.165) is 32.7 Å². The highest BCUT2D eigenvalue weighted by Crippen LogP contribution is 2.07. The zero-order valence-electron chi connectivity index (χ0n) is 12.0. The highest BCUT2D eigenvalue weighted by atomic mass is 32.2. The standard InChI is InChI=1S/C12H24N4O3S/c1-20(18,19)16-10-8-14(9-11-16)5-2-12(17)15-6-3-13-4-7-15/h13H,2-11H2,1H3. The summed E-state index contributed by atoms with van der Waals surface area (Å²) in [6.45, 7) is 6.53. The van der Waals surface area contributed by atoms with E-state index in [9.17, 15) is 13.2 Å². The lowest BCUT2D eigenvalue weighted by atomic mass is 10.2. The Kier molecular flexibility index (Phi) is 5.36. The van der Waals surface area contributed by atoms with E-state index in [1.165, 1.54) is 10.6 Å². The maximum absolute atomic E-state index is 12.0. The molecule has 0 aromatic heterocycles. The van der Waals surface area contributed by atoms with Gasteiger partial charge in [-0.2, -0.15) is 4.31 Å². The predicted molar refractivity (Wildman–Crippen MR) is 76.9 cm³/mol. The summed E-state index contributed by atoms with van der Waals surface area (Å²) in [6.07, 6.45) is 1.77. The molecule has 1 N–H and O–H groups in total. The van der Waals surface area contributed by atoms with Crippen LogP contribution in [0.2, 0.25) is 0 Å². The number of sulfonamides is 1. The summed E-state index contributed by atoms with van der Waals surface area (Å²) < 4.78 is 24.3. The van der Waals surface area contributed by atoms with Gasteiger partial charge in [-0.25, -0.2) is 8.42 Å². The molecular formula is C12H24N4O3S. The van der Waals surface area contributed by atoms with Crippen LogP contribution in [0.25, 0.3) is 0 Å². The molecule has 2 saturated heterocycles. The van der Waals surface area contributed by atoms with Crippen LogP contribution in [-0.4, -0.2) is 93.6 Å². The van der Waals surface area contributed by atoms with E-state index >= 15 is 0 Å². The zero-order chi connectivity index (χ0) is 14.6. The van der Waals surface area contributed by atoms with Gasteiger partial charge in [-0.3, -0.25) is 4.79 Å². The normalized spacial score (nSPS) is 22.9. The van der Waals surface area contributed by atoms with Crippen molar-refractivity contribution in [3.8, 4) is 0 Å². The summed E-state index contributed by atoms with van der Waals surface area (Å²) in [5, 5.41) is 3.23. The molecule has 0 aliphatic carbocycles. The number of hydrogen-bond donors (Lipinski definition) is 1. The molecule has 8 heteroatoms. The first-order valence-electron chi connectivity index (χ1n) is 7.13. The highest BCUT2D eigenvalue weighted by molar-refractivity contribution is 7.88. The number of carbonyl (C=O) groups excluding carboxylic acids is 1. The van der Waals surface area contributed by atoms with Gasteiger partial charge in [0.25, 0.3) is 0 Å². The molecule has 20 heavy (non-hydrogen) atoms. The van der Waals surface area contributed by atoms with E-state index < -0.39 is 10.0 Å². The predicted octanol–water partition coefficient (Wildman–Crippen LogP) is -1.61. The lowest BCUT2D eigenvalue weighted by molar-refractivity contribution is -0.132. The van der Waals surface area contributed by atoms with Crippen LogP contribution in [0.1, 0.15) is 6.42 Å². The van der Waals surface area contributed by atoms with E-state index in [2.05, 4.69) is 10.2 Å². The van der Waals surface area contributed by atoms with Crippen LogP contribution >= 0.6 is 0 Å². The van der Waals surface area contributed by atoms with Gasteiger partial charge in [0.1, 0.15) is 0 Å². The molecule has 0 saturated carbocycles. The van der Waals surface area contributed by atoms with Crippen molar-refractivity contribution < 1.29 is 13.2 Å². The third-order valence-electron chi connectivity index (χ3n) is 3.91. The number of amides is 1. The van der Waals surface area contributed by atoms with Crippen molar-refractivity contribution in [2.75, 3.05) is 65.2 Å². The first kappa shape index (κ1) is 15.7. The maximum Gasteiger partial charge on any atom is 0.223 e. The fourth-order valence-electron chi connectivity index (χ4n) is 2.61. The van der Waals surface area contributed by atoms with Crippen LogP contribution in [0.4, 0.5) is 0 Å². The minimum absolute atomic E-state index is 0.206. The monoisotopic (exact) mass is 304 g/mol. The van der Waals surface area contributed by atoms with E-state index in [0.29, 0.717) is 32.6 Å². The number of rotatable bonds is 4. The fraction of sp³-hybridized carbons (Fsp3) is 0.917. The molecule has 116 valence electrons. The third-order valence-corrected chi connectivity index (χ3v) is 5.22. The second-order valence-electron chi connectivity index (χ2n) is 5.38. The van der Waals surface area contributed by atoms with Crippen molar-refractivity contribution in [1.29, 1.82) is 0 Å². The number of nitrogens with one attached hydrogen (secondary N) is 1. The van der Waals surface area contributed by atoms with E-state index in [1.54, 1.807) is 0 Å². The van der Waals surface area contributed by atoms with Gasteiger partial charge in [0, 0.05) is 65.3 Å². The quantitative estimate of drug-likeness (QED) is 0.676. The number of nitrogens with zero attached hydrogens (tertiary/aromatic N) is 3. The molecule has 2 aliphatic heterocycles. The molecule has 0 spiro atoms. The molecule has 0 aromatic rings. The Hall–Kier alpha value is -0.700. The molecule has 2 rings (SSSR count). The van der Waals surface area contributed by atoms with E-state index in [4.69, 9.17) is 0 Å². The molecule has 2 aliphatic rings. The molecule has 0 aromatic carbocycles. The van der Waals surface area contributed by atoms with Crippen LogP contribution in [0.3, 0.4) is 0 Å². The van der Waals surface area contributed by atoms with Gasteiger partial charge in [-0.05, 0) is 0 Å². The molecule has 1 amide bonds. The van der Waals surface area contributed by atoms with Gasteiger partial charge in [0.15, 0.2) is 0 Å². The Morgan fingerprint density at radius 1 is 1.05 bits per heavy atom. The van der Waals surface area contributed by atoms with Crippen molar-refractivity contribution in [1.82, 2.24) is 19.4 Å². The molecule has 2 heterocycles. The van der Waals surface area contributed by atoms with Crippen LogP contribution < -0.4 is 5.32 Å². The van der Waals surface area contributed by atoms with Gasteiger partial charge >= 0.3 is 0 Å².